The van der Waals surface area contributed by atoms with E-state index in [-0.39, 0.29) is 6.04 Å². The van der Waals surface area contributed by atoms with E-state index in [9.17, 15) is 0 Å². The molecule has 0 saturated heterocycles. The monoisotopic (exact) mass is 257 g/mol. The van der Waals surface area contributed by atoms with Gasteiger partial charge in [-0.2, -0.15) is 0 Å². The Bertz CT molecular complexity index is 517. The first-order valence-corrected chi connectivity index (χ1v) is 7.56. The Morgan fingerprint density at radius 1 is 1.28 bits per heavy atom. The van der Waals surface area contributed by atoms with Crippen molar-refractivity contribution >= 4 is 11.3 Å². The highest BCUT2D eigenvalue weighted by atomic mass is 32.1. The quantitative estimate of drug-likeness (QED) is 0.876. The van der Waals surface area contributed by atoms with Crippen LogP contribution in [0.25, 0.3) is 0 Å². The first kappa shape index (κ1) is 11.9. The number of thiophene rings is 1. The molecule has 2 heteroatoms. The lowest BCUT2D eigenvalue weighted by molar-refractivity contribution is 0.621. The molecule has 1 fully saturated rings. The minimum atomic E-state index is 0.227. The van der Waals surface area contributed by atoms with Gasteiger partial charge in [-0.1, -0.05) is 37.3 Å². The van der Waals surface area contributed by atoms with Crippen LogP contribution in [0.4, 0.5) is 0 Å². The van der Waals surface area contributed by atoms with Crippen molar-refractivity contribution in [1.29, 1.82) is 0 Å². The molecule has 3 rings (SSSR count). The van der Waals surface area contributed by atoms with Crippen molar-refractivity contribution in [2.24, 2.45) is 11.7 Å². The highest BCUT2D eigenvalue weighted by molar-refractivity contribution is 7.10. The SMILES string of the molecule is CCc1ccsc1C(N)C1CC1c1ccccc1. The maximum atomic E-state index is 6.46. The Labute approximate surface area is 113 Å². The van der Waals surface area contributed by atoms with E-state index < -0.39 is 0 Å². The van der Waals surface area contributed by atoms with Gasteiger partial charge in [-0.15, -0.1) is 11.3 Å². The molecule has 0 spiro atoms. The van der Waals surface area contributed by atoms with Gasteiger partial charge in [-0.05, 0) is 47.3 Å². The number of benzene rings is 1. The summed E-state index contributed by atoms with van der Waals surface area (Å²) in [7, 11) is 0. The predicted octanol–water partition coefficient (Wildman–Crippen LogP) is 4.11. The summed E-state index contributed by atoms with van der Waals surface area (Å²) < 4.78 is 0. The number of hydrogen-bond acceptors (Lipinski definition) is 2. The second-order valence-electron chi connectivity index (χ2n) is 5.11. The maximum Gasteiger partial charge on any atom is 0.0427 e. The van der Waals surface area contributed by atoms with Gasteiger partial charge < -0.3 is 5.73 Å². The lowest BCUT2D eigenvalue weighted by Gasteiger charge is -2.12. The molecular formula is C16H19NS. The van der Waals surface area contributed by atoms with Crippen molar-refractivity contribution in [3.8, 4) is 0 Å². The van der Waals surface area contributed by atoms with E-state index in [0.717, 1.165) is 6.42 Å². The number of nitrogens with two attached hydrogens (primary N) is 1. The zero-order valence-electron chi connectivity index (χ0n) is 10.7. The molecule has 1 aromatic heterocycles. The maximum absolute atomic E-state index is 6.46. The molecule has 1 nitrogen and oxygen atoms in total. The third-order valence-corrected chi connectivity index (χ3v) is 5.05. The standard InChI is InChI=1S/C16H19NS/c1-2-11-8-9-18-16(11)15(17)14-10-13(14)12-6-4-3-5-7-12/h3-9,13-15H,2,10,17H2,1H3. The van der Waals surface area contributed by atoms with Crippen LogP contribution in [0.15, 0.2) is 41.8 Å². The summed E-state index contributed by atoms with van der Waals surface area (Å²) in [6.07, 6.45) is 2.33. The minimum Gasteiger partial charge on any atom is -0.323 e. The Hall–Kier alpha value is -1.12. The summed E-state index contributed by atoms with van der Waals surface area (Å²) in [6, 6.07) is 13.2. The molecule has 0 radical (unpaired) electrons. The van der Waals surface area contributed by atoms with Crippen LogP contribution in [0.3, 0.4) is 0 Å². The van der Waals surface area contributed by atoms with Crippen LogP contribution in [0, 0.1) is 5.92 Å². The van der Waals surface area contributed by atoms with Crippen LogP contribution in [-0.4, -0.2) is 0 Å². The fourth-order valence-corrected chi connectivity index (χ4v) is 3.90. The Morgan fingerprint density at radius 2 is 2.06 bits per heavy atom. The van der Waals surface area contributed by atoms with E-state index in [1.165, 1.54) is 22.4 Å². The molecule has 1 heterocycles. The minimum absolute atomic E-state index is 0.227. The molecule has 94 valence electrons. The molecule has 3 unspecified atom stereocenters. The van der Waals surface area contributed by atoms with Crippen molar-refractivity contribution in [3.63, 3.8) is 0 Å². The second-order valence-corrected chi connectivity index (χ2v) is 6.05. The van der Waals surface area contributed by atoms with Crippen LogP contribution < -0.4 is 5.73 Å². The number of aryl methyl sites for hydroxylation is 1. The summed E-state index contributed by atoms with van der Waals surface area (Å²) in [5, 5.41) is 2.17. The van der Waals surface area contributed by atoms with Crippen LogP contribution in [-0.2, 0) is 6.42 Å². The van der Waals surface area contributed by atoms with Crippen LogP contribution in [0.2, 0.25) is 0 Å². The molecule has 1 aliphatic rings. The first-order chi connectivity index (χ1) is 8.81. The molecule has 0 amide bonds. The summed E-state index contributed by atoms with van der Waals surface area (Å²) in [4.78, 5) is 1.40. The average molecular weight is 257 g/mol. The van der Waals surface area contributed by atoms with Crippen molar-refractivity contribution in [3.05, 3.63) is 57.8 Å². The first-order valence-electron chi connectivity index (χ1n) is 6.68. The van der Waals surface area contributed by atoms with Gasteiger partial charge in [0, 0.05) is 10.9 Å². The van der Waals surface area contributed by atoms with E-state index in [0.29, 0.717) is 11.8 Å². The summed E-state index contributed by atoms with van der Waals surface area (Å²) in [5.41, 5.74) is 9.35. The second kappa shape index (κ2) is 4.87. The molecule has 2 N–H and O–H groups in total. The topological polar surface area (TPSA) is 26.0 Å². The molecule has 3 atom stereocenters. The van der Waals surface area contributed by atoms with Crippen LogP contribution >= 0.6 is 11.3 Å². The van der Waals surface area contributed by atoms with Crippen molar-refractivity contribution in [1.82, 2.24) is 0 Å². The van der Waals surface area contributed by atoms with E-state index in [1.807, 2.05) is 11.3 Å². The normalized spacial score (nSPS) is 23.9. The zero-order valence-corrected chi connectivity index (χ0v) is 11.5. The lowest BCUT2D eigenvalue weighted by Crippen LogP contribution is -2.13. The van der Waals surface area contributed by atoms with E-state index >= 15 is 0 Å². The van der Waals surface area contributed by atoms with Gasteiger partial charge in [0.25, 0.3) is 0 Å². The summed E-state index contributed by atoms with van der Waals surface area (Å²) in [5.74, 6) is 1.31. The van der Waals surface area contributed by atoms with Gasteiger partial charge in [0.05, 0.1) is 0 Å². The fraction of sp³-hybridized carbons (Fsp3) is 0.375. The van der Waals surface area contributed by atoms with Gasteiger partial charge in [0.2, 0.25) is 0 Å². The molecule has 0 bridgehead atoms. The van der Waals surface area contributed by atoms with Gasteiger partial charge in [0.15, 0.2) is 0 Å². The Kier molecular flexibility index (Phi) is 3.23. The lowest BCUT2D eigenvalue weighted by atomic mass is 10.0. The Morgan fingerprint density at radius 3 is 2.78 bits per heavy atom. The van der Waals surface area contributed by atoms with Crippen LogP contribution in [0.5, 0.6) is 0 Å². The molecule has 18 heavy (non-hydrogen) atoms. The van der Waals surface area contributed by atoms with E-state index in [2.05, 4.69) is 48.7 Å². The number of hydrogen-bond donors (Lipinski definition) is 1. The third kappa shape index (κ3) is 2.11. The Balaban J connectivity index is 1.75. The van der Waals surface area contributed by atoms with Gasteiger partial charge in [-0.3, -0.25) is 0 Å². The van der Waals surface area contributed by atoms with E-state index in [1.54, 1.807) is 0 Å². The zero-order chi connectivity index (χ0) is 12.5. The molecular weight excluding hydrogens is 238 g/mol. The molecule has 1 saturated carbocycles. The summed E-state index contributed by atoms with van der Waals surface area (Å²) >= 11 is 1.82. The average Bonchev–Trinajstić information content (AvgIpc) is 3.08. The van der Waals surface area contributed by atoms with Crippen molar-refractivity contribution < 1.29 is 0 Å². The van der Waals surface area contributed by atoms with Crippen molar-refractivity contribution in [2.45, 2.75) is 31.7 Å². The third-order valence-electron chi connectivity index (χ3n) is 3.99. The van der Waals surface area contributed by atoms with Gasteiger partial charge >= 0.3 is 0 Å². The van der Waals surface area contributed by atoms with E-state index in [4.69, 9.17) is 5.73 Å². The van der Waals surface area contributed by atoms with Crippen LogP contribution in [0.1, 0.15) is 41.3 Å². The van der Waals surface area contributed by atoms with Gasteiger partial charge in [0.1, 0.15) is 0 Å². The molecule has 2 aromatic rings. The smallest absolute Gasteiger partial charge is 0.0427 e. The highest BCUT2D eigenvalue weighted by Crippen LogP contribution is 2.54. The van der Waals surface area contributed by atoms with Gasteiger partial charge in [-0.25, -0.2) is 0 Å². The van der Waals surface area contributed by atoms with Crippen molar-refractivity contribution in [2.75, 3.05) is 0 Å². The molecule has 1 aliphatic carbocycles. The largest absolute Gasteiger partial charge is 0.323 e. The number of rotatable bonds is 4. The highest BCUT2D eigenvalue weighted by Gasteiger charge is 2.43. The molecule has 1 aromatic carbocycles. The predicted molar refractivity (Wildman–Crippen MR) is 77.9 cm³/mol. The fourth-order valence-electron chi connectivity index (χ4n) is 2.82. The molecule has 0 aliphatic heterocycles. The summed E-state index contributed by atoms with van der Waals surface area (Å²) in [6.45, 7) is 2.21.